The summed E-state index contributed by atoms with van der Waals surface area (Å²) in [5, 5.41) is 14.8. The molecule has 2 amide bonds. The zero-order chi connectivity index (χ0) is 14.5. The molecule has 0 radical (unpaired) electrons. The molecule has 7 heteroatoms. The predicted molar refractivity (Wildman–Crippen MR) is 77.2 cm³/mol. The van der Waals surface area contributed by atoms with Crippen molar-refractivity contribution in [2.45, 2.75) is 39.0 Å². The van der Waals surface area contributed by atoms with Gasteiger partial charge >= 0.3 is 12.0 Å². The lowest BCUT2D eigenvalue weighted by Crippen LogP contribution is -2.35. The Balaban J connectivity index is 1.85. The molecular weight excluding hydrogens is 278 g/mol. The maximum Gasteiger partial charge on any atom is 0.321 e. The second kappa shape index (κ2) is 6.69. The molecule has 0 bridgehead atoms. The van der Waals surface area contributed by atoms with Crippen LogP contribution in [0.2, 0.25) is 0 Å². The van der Waals surface area contributed by atoms with Crippen LogP contribution in [0.25, 0.3) is 0 Å². The van der Waals surface area contributed by atoms with E-state index < -0.39 is 17.9 Å². The monoisotopic (exact) mass is 297 g/mol. The van der Waals surface area contributed by atoms with Crippen molar-refractivity contribution in [3.63, 3.8) is 0 Å². The number of amides is 2. The molecule has 1 atom stereocenters. The highest BCUT2D eigenvalue weighted by atomic mass is 32.1. The Hall–Kier alpha value is -1.63. The highest BCUT2D eigenvalue weighted by Gasteiger charge is 2.18. The zero-order valence-electron chi connectivity index (χ0n) is 11.4. The van der Waals surface area contributed by atoms with Gasteiger partial charge in [0.25, 0.3) is 0 Å². The van der Waals surface area contributed by atoms with E-state index in [0.717, 1.165) is 25.0 Å². The maximum atomic E-state index is 11.7. The van der Waals surface area contributed by atoms with E-state index in [1.165, 1.54) is 22.6 Å². The van der Waals surface area contributed by atoms with Crippen molar-refractivity contribution in [2.24, 2.45) is 5.92 Å². The number of carbonyl (C=O) groups is 2. The number of rotatable bonds is 5. The first-order valence-electron chi connectivity index (χ1n) is 6.86. The van der Waals surface area contributed by atoms with Crippen molar-refractivity contribution in [3.05, 3.63) is 10.6 Å². The van der Waals surface area contributed by atoms with Crippen LogP contribution in [-0.4, -0.2) is 28.6 Å². The molecule has 20 heavy (non-hydrogen) atoms. The average molecular weight is 297 g/mol. The van der Waals surface area contributed by atoms with Crippen molar-refractivity contribution in [2.75, 3.05) is 11.9 Å². The van der Waals surface area contributed by atoms with Gasteiger partial charge in [-0.25, -0.2) is 9.78 Å². The van der Waals surface area contributed by atoms with Gasteiger partial charge in [-0.2, -0.15) is 0 Å². The molecule has 0 fully saturated rings. The summed E-state index contributed by atoms with van der Waals surface area (Å²) in [7, 11) is 0. The Morgan fingerprint density at radius 1 is 1.40 bits per heavy atom. The number of fused-ring (bicyclic) bond motifs is 1. The number of hydrogen-bond acceptors (Lipinski definition) is 4. The van der Waals surface area contributed by atoms with Crippen LogP contribution in [0.1, 0.15) is 36.8 Å². The van der Waals surface area contributed by atoms with Crippen LogP contribution in [0.4, 0.5) is 9.93 Å². The van der Waals surface area contributed by atoms with Gasteiger partial charge in [0, 0.05) is 11.4 Å². The molecule has 1 aliphatic carbocycles. The molecule has 1 aliphatic rings. The van der Waals surface area contributed by atoms with E-state index in [1.54, 1.807) is 6.92 Å². The predicted octanol–water partition coefficient (Wildman–Crippen LogP) is 2.25. The number of nitrogens with zero attached hydrogens (tertiary/aromatic N) is 1. The second-order valence-electron chi connectivity index (χ2n) is 4.87. The molecule has 1 unspecified atom stereocenters. The van der Waals surface area contributed by atoms with Gasteiger partial charge in [0.05, 0.1) is 11.6 Å². The van der Waals surface area contributed by atoms with Gasteiger partial charge in [-0.1, -0.05) is 6.92 Å². The van der Waals surface area contributed by atoms with Gasteiger partial charge in [-0.05, 0) is 32.1 Å². The van der Waals surface area contributed by atoms with E-state index in [0.29, 0.717) is 11.6 Å². The summed E-state index contributed by atoms with van der Waals surface area (Å²) < 4.78 is 0. The van der Waals surface area contributed by atoms with Gasteiger partial charge in [-0.15, -0.1) is 11.3 Å². The number of hydrogen-bond donors (Lipinski definition) is 3. The smallest absolute Gasteiger partial charge is 0.321 e. The Morgan fingerprint density at radius 2 is 2.15 bits per heavy atom. The number of carbonyl (C=O) groups excluding carboxylic acids is 1. The van der Waals surface area contributed by atoms with E-state index in [4.69, 9.17) is 5.11 Å². The lowest BCUT2D eigenvalue weighted by Gasteiger charge is -2.10. The molecule has 1 heterocycles. The van der Waals surface area contributed by atoms with Crippen molar-refractivity contribution in [1.82, 2.24) is 10.3 Å². The van der Waals surface area contributed by atoms with Crippen molar-refractivity contribution in [3.8, 4) is 0 Å². The average Bonchev–Trinajstić information content (AvgIpc) is 2.80. The van der Waals surface area contributed by atoms with E-state index in [9.17, 15) is 9.59 Å². The quantitative estimate of drug-likeness (QED) is 0.777. The molecule has 1 aromatic heterocycles. The van der Waals surface area contributed by atoms with E-state index in [1.807, 2.05) is 0 Å². The molecule has 0 aliphatic heterocycles. The number of aromatic nitrogens is 1. The summed E-state index contributed by atoms with van der Waals surface area (Å²) in [4.78, 5) is 28.2. The van der Waals surface area contributed by atoms with Crippen molar-refractivity contribution < 1.29 is 14.7 Å². The minimum Gasteiger partial charge on any atom is -0.481 e. The van der Waals surface area contributed by atoms with E-state index in [-0.39, 0.29) is 6.54 Å². The van der Waals surface area contributed by atoms with Crippen LogP contribution >= 0.6 is 11.3 Å². The Labute approximate surface area is 121 Å². The summed E-state index contributed by atoms with van der Waals surface area (Å²) >= 11 is 1.51. The third kappa shape index (κ3) is 3.69. The summed E-state index contributed by atoms with van der Waals surface area (Å²) in [5.74, 6) is -1.44. The number of urea groups is 1. The first kappa shape index (κ1) is 14.8. The summed E-state index contributed by atoms with van der Waals surface area (Å²) in [6, 6.07) is -0.393. The third-order valence-corrected chi connectivity index (χ3v) is 4.49. The Bertz CT molecular complexity index is 478. The standard InChI is InChI=1S/C13H19N3O3S/c1-2-8(11(17)18)7-14-12(19)16-13-15-9-5-3-4-6-10(9)20-13/h8H,2-7H2,1H3,(H,17,18)(H2,14,15,16,19). The lowest BCUT2D eigenvalue weighted by atomic mass is 10.0. The van der Waals surface area contributed by atoms with Crippen LogP contribution < -0.4 is 10.6 Å². The fourth-order valence-corrected chi connectivity index (χ4v) is 3.21. The molecule has 0 aromatic carbocycles. The van der Waals surface area contributed by atoms with E-state index in [2.05, 4.69) is 15.6 Å². The number of thiazole rings is 1. The van der Waals surface area contributed by atoms with Crippen LogP contribution in [0.3, 0.4) is 0 Å². The number of nitrogens with one attached hydrogen (secondary N) is 2. The van der Waals surface area contributed by atoms with Crippen molar-refractivity contribution >= 4 is 28.5 Å². The summed E-state index contributed by atoms with van der Waals surface area (Å²) in [6.45, 7) is 1.91. The first-order valence-corrected chi connectivity index (χ1v) is 7.68. The largest absolute Gasteiger partial charge is 0.481 e. The SMILES string of the molecule is CCC(CNC(=O)Nc1nc2c(s1)CCCC2)C(=O)O. The maximum absolute atomic E-state index is 11.7. The molecule has 0 saturated carbocycles. The van der Waals surface area contributed by atoms with Gasteiger partial charge in [0.15, 0.2) is 5.13 Å². The Morgan fingerprint density at radius 3 is 2.80 bits per heavy atom. The number of carboxylic acid groups (broad SMARTS) is 1. The number of carboxylic acids is 1. The summed E-state index contributed by atoms with van der Waals surface area (Å²) in [5.41, 5.74) is 1.09. The Kier molecular flexibility index (Phi) is 4.94. The molecule has 0 spiro atoms. The minimum atomic E-state index is -0.891. The zero-order valence-corrected chi connectivity index (χ0v) is 12.3. The number of anilines is 1. The lowest BCUT2D eigenvalue weighted by molar-refractivity contribution is -0.141. The molecule has 0 saturated heterocycles. The fraction of sp³-hybridized carbons (Fsp3) is 0.615. The van der Waals surface area contributed by atoms with Gasteiger partial charge in [-0.3, -0.25) is 10.1 Å². The van der Waals surface area contributed by atoms with E-state index >= 15 is 0 Å². The highest BCUT2D eigenvalue weighted by molar-refractivity contribution is 7.15. The summed E-state index contributed by atoms with van der Waals surface area (Å²) in [6.07, 6.45) is 4.83. The third-order valence-electron chi connectivity index (χ3n) is 3.42. The van der Waals surface area contributed by atoms with Crippen LogP contribution in [-0.2, 0) is 17.6 Å². The molecule has 6 nitrogen and oxygen atoms in total. The topological polar surface area (TPSA) is 91.3 Å². The van der Waals surface area contributed by atoms with Crippen molar-refractivity contribution in [1.29, 1.82) is 0 Å². The molecule has 3 N–H and O–H groups in total. The van der Waals surface area contributed by atoms with Crippen LogP contribution in [0, 0.1) is 5.92 Å². The molecule has 110 valence electrons. The van der Waals surface area contributed by atoms with Gasteiger partial charge < -0.3 is 10.4 Å². The molecule has 2 rings (SSSR count). The second-order valence-corrected chi connectivity index (χ2v) is 5.96. The molecular formula is C13H19N3O3S. The van der Waals surface area contributed by atoms with Gasteiger partial charge in [0.2, 0.25) is 0 Å². The minimum absolute atomic E-state index is 0.128. The molecule has 1 aromatic rings. The van der Waals surface area contributed by atoms with Gasteiger partial charge in [0.1, 0.15) is 0 Å². The van der Waals surface area contributed by atoms with Crippen LogP contribution in [0.15, 0.2) is 0 Å². The first-order chi connectivity index (χ1) is 9.60. The normalized spacial score (nSPS) is 15.2. The van der Waals surface area contributed by atoms with Crippen LogP contribution in [0.5, 0.6) is 0 Å². The highest BCUT2D eigenvalue weighted by Crippen LogP contribution is 2.29. The number of aliphatic carboxylic acids is 1. The fourth-order valence-electron chi connectivity index (χ4n) is 2.17. The number of aryl methyl sites for hydroxylation is 2.